The molecule has 0 fully saturated rings. The van der Waals surface area contributed by atoms with Gasteiger partial charge in [-0.15, -0.1) is 0 Å². The third-order valence-electron chi connectivity index (χ3n) is 2.01. The first-order chi connectivity index (χ1) is 7.67. The molecular formula is C12H12N4. The van der Waals surface area contributed by atoms with Crippen molar-refractivity contribution in [1.29, 1.82) is 10.5 Å². The van der Waals surface area contributed by atoms with E-state index in [1.807, 2.05) is 43.3 Å². The van der Waals surface area contributed by atoms with Crippen molar-refractivity contribution >= 4 is 11.4 Å². The van der Waals surface area contributed by atoms with Crippen molar-refractivity contribution in [3.05, 3.63) is 36.0 Å². The number of hydrogen-bond acceptors (Lipinski definition) is 4. The molecule has 80 valence electrons. The van der Waals surface area contributed by atoms with E-state index in [0.717, 1.165) is 11.4 Å². The molecule has 0 saturated carbocycles. The number of anilines is 2. The molecule has 0 aliphatic rings. The van der Waals surface area contributed by atoms with Gasteiger partial charge in [0.25, 0.3) is 0 Å². The lowest BCUT2D eigenvalue weighted by Gasteiger charge is -2.12. The van der Waals surface area contributed by atoms with Crippen LogP contribution in [0.25, 0.3) is 0 Å². The van der Waals surface area contributed by atoms with Crippen molar-refractivity contribution in [2.24, 2.45) is 0 Å². The van der Waals surface area contributed by atoms with Crippen molar-refractivity contribution in [3.8, 4) is 12.1 Å². The van der Waals surface area contributed by atoms with Crippen LogP contribution in [0.4, 0.5) is 11.4 Å². The van der Waals surface area contributed by atoms with Crippen LogP contribution in [0.1, 0.15) is 0 Å². The second-order valence-corrected chi connectivity index (χ2v) is 3.37. The van der Waals surface area contributed by atoms with Gasteiger partial charge < -0.3 is 10.2 Å². The summed E-state index contributed by atoms with van der Waals surface area (Å²) in [5.74, 6) is 0. The Morgan fingerprint density at radius 3 is 2.19 bits per heavy atom. The molecule has 0 radical (unpaired) electrons. The predicted octanol–water partition coefficient (Wildman–Crippen LogP) is 2.10. The summed E-state index contributed by atoms with van der Waals surface area (Å²) in [4.78, 5) is 2.00. The maximum atomic E-state index is 8.53. The molecule has 4 heteroatoms. The minimum absolute atomic E-state index is 0.0525. The van der Waals surface area contributed by atoms with E-state index in [0.29, 0.717) is 0 Å². The number of nitrogens with one attached hydrogen (secondary N) is 1. The number of rotatable bonds is 3. The molecule has 4 nitrogen and oxygen atoms in total. The van der Waals surface area contributed by atoms with Gasteiger partial charge in [0, 0.05) is 31.7 Å². The fourth-order valence-electron chi connectivity index (χ4n) is 1.10. The predicted molar refractivity (Wildman–Crippen MR) is 63.7 cm³/mol. The normalized spacial score (nSPS) is 8.50. The van der Waals surface area contributed by atoms with Crippen LogP contribution in [-0.4, -0.2) is 14.1 Å². The zero-order chi connectivity index (χ0) is 12.0. The van der Waals surface area contributed by atoms with Crippen LogP contribution in [0.3, 0.4) is 0 Å². The lowest BCUT2D eigenvalue weighted by molar-refractivity contribution is 1.13. The third kappa shape index (κ3) is 3.04. The molecule has 1 aromatic carbocycles. The molecule has 0 unspecified atom stereocenters. The van der Waals surface area contributed by atoms with Crippen LogP contribution in [0.5, 0.6) is 0 Å². The van der Waals surface area contributed by atoms with Gasteiger partial charge >= 0.3 is 0 Å². The van der Waals surface area contributed by atoms with Crippen LogP contribution in [0.2, 0.25) is 0 Å². The van der Waals surface area contributed by atoms with Crippen molar-refractivity contribution in [3.63, 3.8) is 0 Å². The van der Waals surface area contributed by atoms with Crippen molar-refractivity contribution in [2.45, 2.75) is 0 Å². The Morgan fingerprint density at radius 1 is 1.19 bits per heavy atom. The molecule has 16 heavy (non-hydrogen) atoms. The van der Waals surface area contributed by atoms with Gasteiger partial charge in [-0.05, 0) is 24.3 Å². The molecule has 0 heterocycles. The van der Waals surface area contributed by atoms with Gasteiger partial charge in [0.1, 0.15) is 17.7 Å². The van der Waals surface area contributed by atoms with Crippen LogP contribution in [0, 0.1) is 22.7 Å². The quantitative estimate of drug-likeness (QED) is 0.779. The average Bonchev–Trinajstić information content (AvgIpc) is 2.31. The fraction of sp³-hybridized carbons (Fsp3) is 0.167. The molecule has 0 aliphatic carbocycles. The molecule has 0 aliphatic heterocycles. The van der Waals surface area contributed by atoms with Gasteiger partial charge in [-0.3, -0.25) is 0 Å². The Labute approximate surface area is 95.0 Å². The zero-order valence-corrected chi connectivity index (χ0v) is 9.23. The maximum absolute atomic E-state index is 8.53. The fourth-order valence-corrected chi connectivity index (χ4v) is 1.10. The summed E-state index contributed by atoms with van der Waals surface area (Å²) in [6, 6.07) is 11.2. The summed E-state index contributed by atoms with van der Waals surface area (Å²) in [5.41, 5.74) is 1.99. The van der Waals surface area contributed by atoms with E-state index in [1.54, 1.807) is 12.1 Å². The Morgan fingerprint density at radius 2 is 1.75 bits per heavy atom. The van der Waals surface area contributed by atoms with E-state index < -0.39 is 0 Å². The first-order valence-corrected chi connectivity index (χ1v) is 4.71. The first kappa shape index (κ1) is 11.6. The van der Waals surface area contributed by atoms with Gasteiger partial charge in [-0.1, -0.05) is 0 Å². The number of benzene rings is 1. The first-order valence-electron chi connectivity index (χ1n) is 4.71. The molecule has 1 aromatic rings. The summed E-state index contributed by atoms with van der Waals surface area (Å²) < 4.78 is 0. The molecule has 0 aromatic heterocycles. The largest absolute Gasteiger partial charge is 0.378 e. The molecule has 1 rings (SSSR count). The number of allylic oxidation sites excluding steroid dienone is 1. The topological polar surface area (TPSA) is 62.9 Å². The smallest absolute Gasteiger partial charge is 0.145 e. The number of nitriles is 2. The lowest BCUT2D eigenvalue weighted by Crippen LogP contribution is -2.08. The maximum Gasteiger partial charge on any atom is 0.145 e. The highest BCUT2D eigenvalue weighted by Crippen LogP contribution is 2.15. The minimum atomic E-state index is 0.0525. The van der Waals surface area contributed by atoms with Crippen molar-refractivity contribution < 1.29 is 0 Å². The SMILES string of the molecule is CN(C)c1ccc(NC=C(C#N)C#N)cc1. The van der Waals surface area contributed by atoms with E-state index in [4.69, 9.17) is 10.5 Å². The van der Waals surface area contributed by atoms with Gasteiger partial charge in [-0.2, -0.15) is 10.5 Å². The zero-order valence-electron chi connectivity index (χ0n) is 9.23. The number of hydrogen-bond donors (Lipinski definition) is 1. The highest BCUT2D eigenvalue weighted by Gasteiger charge is 1.95. The molecule has 0 atom stereocenters. The summed E-state index contributed by atoms with van der Waals surface area (Å²) >= 11 is 0. The second kappa shape index (κ2) is 5.43. The Balaban J connectivity index is 2.75. The van der Waals surface area contributed by atoms with Crippen LogP contribution >= 0.6 is 0 Å². The van der Waals surface area contributed by atoms with E-state index in [1.165, 1.54) is 6.20 Å². The van der Waals surface area contributed by atoms with Gasteiger partial charge in [0.05, 0.1) is 0 Å². The molecule has 0 saturated heterocycles. The Bertz CT molecular complexity index is 441. The summed E-state index contributed by atoms with van der Waals surface area (Å²) in [5, 5.41) is 20.0. The summed E-state index contributed by atoms with van der Waals surface area (Å²) in [7, 11) is 3.93. The highest BCUT2D eigenvalue weighted by atomic mass is 15.1. The van der Waals surface area contributed by atoms with E-state index in [2.05, 4.69) is 5.32 Å². The van der Waals surface area contributed by atoms with Gasteiger partial charge in [0.15, 0.2) is 0 Å². The Kier molecular flexibility index (Phi) is 3.94. The Hall–Kier alpha value is -2.46. The van der Waals surface area contributed by atoms with Crippen LogP contribution in [-0.2, 0) is 0 Å². The molecule has 0 amide bonds. The van der Waals surface area contributed by atoms with E-state index in [-0.39, 0.29) is 5.57 Å². The van der Waals surface area contributed by atoms with Crippen LogP contribution < -0.4 is 10.2 Å². The summed E-state index contributed by atoms with van der Waals surface area (Å²) in [6.45, 7) is 0. The summed E-state index contributed by atoms with van der Waals surface area (Å²) in [6.07, 6.45) is 1.39. The molecule has 1 N–H and O–H groups in total. The van der Waals surface area contributed by atoms with Crippen molar-refractivity contribution in [1.82, 2.24) is 0 Å². The van der Waals surface area contributed by atoms with E-state index in [9.17, 15) is 0 Å². The second-order valence-electron chi connectivity index (χ2n) is 3.37. The minimum Gasteiger partial charge on any atom is -0.378 e. The third-order valence-corrected chi connectivity index (χ3v) is 2.01. The van der Waals surface area contributed by atoms with Gasteiger partial charge in [0.2, 0.25) is 0 Å². The monoisotopic (exact) mass is 212 g/mol. The van der Waals surface area contributed by atoms with Crippen LogP contribution in [0.15, 0.2) is 36.0 Å². The molecular weight excluding hydrogens is 200 g/mol. The van der Waals surface area contributed by atoms with Crippen molar-refractivity contribution in [2.75, 3.05) is 24.3 Å². The molecule has 0 bridgehead atoms. The van der Waals surface area contributed by atoms with E-state index >= 15 is 0 Å². The average molecular weight is 212 g/mol. The number of nitrogens with zero attached hydrogens (tertiary/aromatic N) is 3. The van der Waals surface area contributed by atoms with Gasteiger partial charge in [-0.25, -0.2) is 0 Å². The highest BCUT2D eigenvalue weighted by molar-refractivity contribution is 5.56. The lowest BCUT2D eigenvalue weighted by atomic mass is 10.2. The molecule has 0 spiro atoms. The standard InChI is InChI=1S/C12H12N4/c1-16(2)12-5-3-11(4-6-12)15-9-10(7-13)8-14/h3-6,9,15H,1-2H3.